The number of carbonyl (C=O) groups is 1. The molecule has 1 aliphatic rings. The van der Waals surface area contributed by atoms with Crippen molar-refractivity contribution in [3.8, 4) is 0 Å². The molecule has 0 spiro atoms. The second-order valence-electron chi connectivity index (χ2n) is 5.15. The fourth-order valence-corrected chi connectivity index (χ4v) is 2.61. The summed E-state index contributed by atoms with van der Waals surface area (Å²) >= 11 is 0. The fourth-order valence-electron chi connectivity index (χ4n) is 2.61. The maximum Gasteiger partial charge on any atom is 0.303 e. The van der Waals surface area contributed by atoms with Crippen molar-refractivity contribution in [3.63, 3.8) is 0 Å². The first-order chi connectivity index (χ1) is 8.54. The van der Waals surface area contributed by atoms with Crippen LogP contribution in [-0.2, 0) is 10.2 Å². The van der Waals surface area contributed by atoms with Crippen LogP contribution in [0.3, 0.4) is 0 Å². The quantitative estimate of drug-likeness (QED) is 0.804. The number of carboxylic acids is 1. The third kappa shape index (κ3) is 2.30. The van der Waals surface area contributed by atoms with Gasteiger partial charge in [0.25, 0.3) is 0 Å². The summed E-state index contributed by atoms with van der Waals surface area (Å²) in [5.74, 6) is -0.711. The summed E-state index contributed by atoms with van der Waals surface area (Å²) in [4.78, 5) is 15.1. The molecule has 0 saturated heterocycles. The molecule has 3 heteroatoms. The summed E-state index contributed by atoms with van der Waals surface area (Å²) < 4.78 is 0. The number of carboxylic acid groups (broad SMARTS) is 1. The Hall–Kier alpha value is -1.64. The Balaban J connectivity index is 2.07. The Labute approximate surface area is 108 Å². The molecule has 1 N–H and O–H groups in total. The van der Waals surface area contributed by atoms with Crippen molar-refractivity contribution >= 4 is 17.4 Å². The molecule has 0 aliphatic carbocycles. The molecule has 1 heterocycles. The second-order valence-corrected chi connectivity index (χ2v) is 5.15. The zero-order valence-corrected chi connectivity index (χ0v) is 10.9. The van der Waals surface area contributed by atoms with Gasteiger partial charge < -0.3 is 5.11 Å². The summed E-state index contributed by atoms with van der Waals surface area (Å²) in [6.07, 6.45) is 2.88. The zero-order valence-electron chi connectivity index (χ0n) is 10.9. The molecule has 18 heavy (non-hydrogen) atoms. The van der Waals surface area contributed by atoms with Gasteiger partial charge in [-0.25, -0.2) is 0 Å². The van der Waals surface area contributed by atoms with Gasteiger partial charge in [0.1, 0.15) is 0 Å². The number of unbranched alkanes of at least 4 members (excludes halogenated alkanes) is 1. The standard InChI is InChI=1S/C15H19NO2/c1-11-15(2,10-6-5-9-14(17)18)12-7-3-4-8-13(12)16-11/h3-4,7-8H,5-6,9-10H2,1-2H3,(H,17,18). The minimum Gasteiger partial charge on any atom is -0.481 e. The number of hydrogen-bond donors (Lipinski definition) is 1. The number of rotatable bonds is 5. The van der Waals surface area contributed by atoms with E-state index in [1.54, 1.807) is 0 Å². The molecule has 96 valence electrons. The molecule has 1 aromatic carbocycles. The molecular weight excluding hydrogens is 226 g/mol. The first-order valence-electron chi connectivity index (χ1n) is 6.41. The SMILES string of the molecule is CC1=Nc2ccccc2C1(C)CCCCC(=O)O. The maximum atomic E-state index is 10.5. The third-order valence-corrected chi connectivity index (χ3v) is 3.90. The average molecular weight is 245 g/mol. The van der Waals surface area contributed by atoms with E-state index >= 15 is 0 Å². The van der Waals surface area contributed by atoms with Crippen LogP contribution in [0.5, 0.6) is 0 Å². The number of aliphatic carboxylic acids is 1. The second kappa shape index (κ2) is 4.92. The van der Waals surface area contributed by atoms with Crippen molar-refractivity contribution < 1.29 is 9.90 Å². The van der Waals surface area contributed by atoms with Gasteiger partial charge in [-0.15, -0.1) is 0 Å². The Morgan fingerprint density at radius 3 is 2.78 bits per heavy atom. The summed E-state index contributed by atoms with van der Waals surface area (Å²) in [7, 11) is 0. The molecule has 0 fully saturated rings. The van der Waals surface area contributed by atoms with Gasteiger partial charge in [0.15, 0.2) is 0 Å². The number of hydrogen-bond acceptors (Lipinski definition) is 2. The predicted octanol–water partition coefficient (Wildman–Crippen LogP) is 3.70. The number of fused-ring (bicyclic) bond motifs is 1. The molecule has 3 nitrogen and oxygen atoms in total. The highest BCUT2D eigenvalue weighted by Crippen LogP contribution is 2.42. The van der Waals surface area contributed by atoms with E-state index in [-0.39, 0.29) is 11.8 Å². The van der Waals surface area contributed by atoms with E-state index in [1.807, 2.05) is 18.2 Å². The normalized spacial score (nSPS) is 21.6. The predicted molar refractivity (Wildman–Crippen MR) is 72.7 cm³/mol. The molecule has 1 atom stereocenters. The third-order valence-electron chi connectivity index (χ3n) is 3.90. The van der Waals surface area contributed by atoms with Crippen LogP contribution >= 0.6 is 0 Å². The molecule has 2 rings (SSSR count). The van der Waals surface area contributed by atoms with Gasteiger partial charge in [-0.3, -0.25) is 9.79 Å². The molecule has 0 aromatic heterocycles. The molecule has 1 aliphatic heterocycles. The Bertz CT molecular complexity index is 493. The van der Waals surface area contributed by atoms with Crippen molar-refractivity contribution in [1.82, 2.24) is 0 Å². The lowest BCUT2D eigenvalue weighted by atomic mass is 9.76. The molecular formula is C15H19NO2. The highest BCUT2D eigenvalue weighted by molar-refractivity contribution is 5.99. The number of para-hydroxylation sites is 1. The Morgan fingerprint density at radius 1 is 1.33 bits per heavy atom. The van der Waals surface area contributed by atoms with Gasteiger partial charge in [0.05, 0.1) is 5.69 Å². The zero-order chi connectivity index (χ0) is 13.2. The highest BCUT2D eigenvalue weighted by atomic mass is 16.4. The van der Waals surface area contributed by atoms with E-state index in [2.05, 4.69) is 24.9 Å². The first-order valence-corrected chi connectivity index (χ1v) is 6.41. The summed E-state index contributed by atoms with van der Waals surface area (Å²) in [6, 6.07) is 8.22. The Kier molecular flexibility index (Phi) is 3.50. The van der Waals surface area contributed by atoms with Crippen molar-refractivity contribution in [2.75, 3.05) is 0 Å². The molecule has 1 aromatic rings. The van der Waals surface area contributed by atoms with Crippen LogP contribution in [0.1, 0.15) is 45.1 Å². The van der Waals surface area contributed by atoms with E-state index in [4.69, 9.17) is 5.11 Å². The lowest BCUT2D eigenvalue weighted by Gasteiger charge is -2.26. The van der Waals surface area contributed by atoms with Crippen molar-refractivity contribution in [2.24, 2.45) is 4.99 Å². The largest absolute Gasteiger partial charge is 0.481 e. The van der Waals surface area contributed by atoms with Crippen LogP contribution in [0.2, 0.25) is 0 Å². The van der Waals surface area contributed by atoms with Gasteiger partial charge >= 0.3 is 5.97 Å². The van der Waals surface area contributed by atoms with Gasteiger partial charge in [-0.05, 0) is 31.4 Å². The molecule has 1 unspecified atom stereocenters. The van der Waals surface area contributed by atoms with Crippen molar-refractivity contribution in [2.45, 2.75) is 44.9 Å². The lowest BCUT2D eigenvalue weighted by molar-refractivity contribution is -0.137. The Morgan fingerprint density at radius 2 is 2.06 bits per heavy atom. The van der Waals surface area contributed by atoms with E-state index in [0.29, 0.717) is 0 Å². The molecule has 0 amide bonds. The van der Waals surface area contributed by atoms with Crippen LogP contribution in [0.15, 0.2) is 29.3 Å². The van der Waals surface area contributed by atoms with Crippen LogP contribution in [0.25, 0.3) is 0 Å². The smallest absolute Gasteiger partial charge is 0.303 e. The lowest BCUT2D eigenvalue weighted by Crippen LogP contribution is -2.27. The molecule has 0 saturated carbocycles. The van der Waals surface area contributed by atoms with Crippen LogP contribution in [0.4, 0.5) is 5.69 Å². The van der Waals surface area contributed by atoms with Crippen LogP contribution in [-0.4, -0.2) is 16.8 Å². The van der Waals surface area contributed by atoms with E-state index in [9.17, 15) is 4.79 Å². The molecule has 0 radical (unpaired) electrons. The fraction of sp³-hybridized carbons (Fsp3) is 0.467. The molecule has 0 bridgehead atoms. The van der Waals surface area contributed by atoms with Gasteiger partial charge in [-0.1, -0.05) is 31.5 Å². The van der Waals surface area contributed by atoms with E-state index in [1.165, 1.54) is 5.56 Å². The monoisotopic (exact) mass is 245 g/mol. The van der Waals surface area contributed by atoms with Gasteiger partial charge in [0.2, 0.25) is 0 Å². The first kappa shape index (κ1) is 12.8. The number of benzene rings is 1. The minimum absolute atomic E-state index is 0.0188. The maximum absolute atomic E-state index is 10.5. The summed E-state index contributed by atoms with van der Waals surface area (Å²) in [6.45, 7) is 4.27. The summed E-state index contributed by atoms with van der Waals surface area (Å²) in [5, 5.41) is 8.66. The van der Waals surface area contributed by atoms with Gasteiger partial charge in [0, 0.05) is 17.5 Å². The highest BCUT2D eigenvalue weighted by Gasteiger charge is 2.35. The van der Waals surface area contributed by atoms with Crippen LogP contribution in [0, 0.1) is 0 Å². The number of nitrogens with zero attached hydrogens (tertiary/aromatic N) is 1. The average Bonchev–Trinajstić information content (AvgIpc) is 2.58. The van der Waals surface area contributed by atoms with E-state index < -0.39 is 5.97 Å². The minimum atomic E-state index is -0.711. The van der Waals surface area contributed by atoms with Crippen LogP contribution < -0.4 is 0 Å². The van der Waals surface area contributed by atoms with Crippen molar-refractivity contribution in [3.05, 3.63) is 29.8 Å². The number of aliphatic imine (C=N–C) groups is 1. The van der Waals surface area contributed by atoms with Gasteiger partial charge in [-0.2, -0.15) is 0 Å². The summed E-state index contributed by atoms with van der Waals surface area (Å²) in [5.41, 5.74) is 3.46. The van der Waals surface area contributed by atoms with Crippen molar-refractivity contribution in [1.29, 1.82) is 0 Å². The van der Waals surface area contributed by atoms with E-state index in [0.717, 1.165) is 30.7 Å². The topological polar surface area (TPSA) is 49.7 Å².